The molecule has 1 N–H and O–H groups in total. The van der Waals surface area contributed by atoms with Crippen LogP contribution in [0, 0.1) is 5.82 Å². The third-order valence-electron chi connectivity index (χ3n) is 3.09. The first-order valence-corrected chi connectivity index (χ1v) is 6.22. The molecule has 0 unspecified atom stereocenters. The molecule has 3 nitrogen and oxygen atoms in total. The molecule has 0 fully saturated rings. The summed E-state index contributed by atoms with van der Waals surface area (Å²) in [6.45, 7) is -0.192. The van der Waals surface area contributed by atoms with Crippen LogP contribution in [-0.2, 0) is 0 Å². The van der Waals surface area contributed by atoms with Crippen molar-refractivity contribution in [3.8, 4) is 5.75 Å². The van der Waals surface area contributed by atoms with Crippen molar-refractivity contribution in [1.29, 1.82) is 0 Å². The number of nitrogens with one attached hydrogen (secondary N) is 1. The average Bonchev–Trinajstić information content (AvgIpc) is 2.90. The van der Waals surface area contributed by atoms with Gasteiger partial charge in [0.2, 0.25) is 5.78 Å². The lowest BCUT2D eigenvalue weighted by Crippen LogP contribution is -2.11. The Morgan fingerprint density at radius 1 is 1.10 bits per heavy atom. The molecule has 0 amide bonds. The first-order chi connectivity index (χ1) is 9.75. The van der Waals surface area contributed by atoms with Gasteiger partial charge in [0.1, 0.15) is 0 Å². The zero-order valence-corrected chi connectivity index (χ0v) is 10.6. The van der Waals surface area contributed by atoms with Crippen molar-refractivity contribution in [2.45, 2.75) is 0 Å². The first-order valence-electron chi connectivity index (χ1n) is 6.22. The number of fused-ring (bicyclic) bond motifs is 1. The maximum atomic E-state index is 13.4. The number of para-hydroxylation sites is 2. The number of aromatic nitrogens is 1. The van der Waals surface area contributed by atoms with E-state index in [1.807, 2.05) is 24.3 Å². The Balaban J connectivity index is 1.79. The summed E-state index contributed by atoms with van der Waals surface area (Å²) in [4.78, 5) is 15.2. The van der Waals surface area contributed by atoms with Crippen LogP contribution in [0.15, 0.2) is 54.7 Å². The predicted octanol–water partition coefficient (Wildman–Crippen LogP) is 3.57. The number of carbonyl (C=O) groups excluding carboxylic acids is 1. The fourth-order valence-corrected chi connectivity index (χ4v) is 2.09. The third-order valence-corrected chi connectivity index (χ3v) is 3.09. The first kappa shape index (κ1) is 12.4. The molecule has 1 heterocycles. The average molecular weight is 269 g/mol. The summed E-state index contributed by atoms with van der Waals surface area (Å²) in [6.07, 6.45) is 1.65. The van der Waals surface area contributed by atoms with Crippen LogP contribution in [-0.4, -0.2) is 17.4 Å². The SMILES string of the molecule is O=C(COc1ccccc1F)c1c[nH]c2ccccc12. The van der Waals surface area contributed by atoms with Crippen LogP contribution >= 0.6 is 0 Å². The van der Waals surface area contributed by atoms with E-state index in [9.17, 15) is 9.18 Å². The Hall–Kier alpha value is -2.62. The summed E-state index contributed by atoms with van der Waals surface area (Å²) < 4.78 is 18.6. The minimum absolute atomic E-state index is 0.0840. The van der Waals surface area contributed by atoms with Crippen LogP contribution in [0.4, 0.5) is 4.39 Å². The van der Waals surface area contributed by atoms with E-state index in [2.05, 4.69) is 4.98 Å². The van der Waals surface area contributed by atoms with Gasteiger partial charge in [0.25, 0.3) is 0 Å². The third kappa shape index (κ3) is 2.28. The van der Waals surface area contributed by atoms with E-state index in [0.717, 1.165) is 10.9 Å². The zero-order valence-electron chi connectivity index (χ0n) is 10.6. The summed E-state index contributed by atoms with van der Waals surface area (Å²) in [6, 6.07) is 13.5. The smallest absolute Gasteiger partial charge is 0.202 e. The Kier molecular flexibility index (Phi) is 3.21. The van der Waals surface area contributed by atoms with E-state index in [4.69, 9.17) is 4.74 Å². The van der Waals surface area contributed by atoms with Crippen molar-refractivity contribution >= 4 is 16.7 Å². The Labute approximate surface area is 115 Å². The van der Waals surface area contributed by atoms with Gasteiger partial charge in [-0.25, -0.2) is 4.39 Å². The molecule has 4 heteroatoms. The highest BCUT2D eigenvalue weighted by Crippen LogP contribution is 2.19. The summed E-state index contributed by atoms with van der Waals surface area (Å²) in [5, 5.41) is 0.842. The van der Waals surface area contributed by atoms with E-state index in [-0.39, 0.29) is 18.1 Å². The molecule has 0 saturated heterocycles. The molecule has 3 rings (SSSR count). The summed E-state index contributed by atoms with van der Waals surface area (Å²) in [5.74, 6) is -0.578. The van der Waals surface area contributed by atoms with Gasteiger partial charge < -0.3 is 9.72 Å². The minimum atomic E-state index is -0.473. The zero-order chi connectivity index (χ0) is 13.9. The van der Waals surface area contributed by atoms with Gasteiger partial charge in [0.05, 0.1) is 0 Å². The molecule has 0 radical (unpaired) electrons. The van der Waals surface area contributed by atoms with E-state index in [0.29, 0.717) is 5.56 Å². The predicted molar refractivity (Wildman–Crippen MR) is 74.5 cm³/mol. The Morgan fingerprint density at radius 2 is 1.85 bits per heavy atom. The normalized spacial score (nSPS) is 10.7. The Morgan fingerprint density at radius 3 is 2.70 bits per heavy atom. The number of rotatable bonds is 4. The summed E-state index contributed by atoms with van der Waals surface area (Å²) >= 11 is 0. The van der Waals surface area contributed by atoms with Gasteiger partial charge in [-0.05, 0) is 18.2 Å². The number of halogens is 1. The second-order valence-corrected chi connectivity index (χ2v) is 4.39. The molecular formula is C16H12FNO2. The van der Waals surface area contributed by atoms with E-state index in [1.165, 1.54) is 12.1 Å². The fraction of sp³-hybridized carbons (Fsp3) is 0.0625. The molecule has 0 aliphatic rings. The van der Waals surface area contributed by atoms with Crippen LogP contribution in [0.1, 0.15) is 10.4 Å². The quantitative estimate of drug-likeness (QED) is 0.736. The second kappa shape index (κ2) is 5.17. The number of hydrogen-bond donors (Lipinski definition) is 1. The van der Waals surface area contributed by atoms with Crippen molar-refractivity contribution in [1.82, 2.24) is 4.98 Å². The van der Waals surface area contributed by atoms with Crippen LogP contribution in [0.3, 0.4) is 0 Å². The Bertz CT molecular complexity index is 764. The summed E-state index contributed by atoms with van der Waals surface area (Å²) in [7, 11) is 0. The lowest BCUT2D eigenvalue weighted by molar-refractivity contribution is 0.0920. The standard InChI is InChI=1S/C16H12FNO2/c17-13-6-2-4-8-16(13)20-10-15(19)12-9-18-14-7-3-1-5-11(12)14/h1-9,18H,10H2. The highest BCUT2D eigenvalue weighted by atomic mass is 19.1. The highest BCUT2D eigenvalue weighted by Gasteiger charge is 2.13. The van der Waals surface area contributed by atoms with Gasteiger partial charge in [-0.1, -0.05) is 30.3 Å². The van der Waals surface area contributed by atoms with Gasteiger partial charge in [0, 0.05) is 22.7 Å². The second-order valence-electron chi connectivity index (χ2n) is 4.39. The molecule has 0 aliphatic carbocycles. The van der Waals surface area contributed by atoms with E-state index in [1.54, 1.807) is 18.3 Å². The topological polar surface area (TPSA) is 42.1 Å². The van der Waals surface area contributed by atoms with Crippen LogP contribution in [0.25, 0.3) is 10.9 Å². The van der Waals surface area contributed by atoms with Gasteiger partial charge in [-0.3, -0.25) is 4.79 Å². The van der Waals surface area contributed by atoms with Crippen molar-refractivity contribution < 1.29 is 13.9 Å². The van der Waals surface area contributed by atoms with Crippen LogP contribution < -0.4 is 4.74 Å². The molecule has 0 aliphatic heterocycles. The number of ketones is 1. The molecule has 0 spiro atoms. The number of carbonyl (C=O) groups is 1. The maximum Gasteiger partial charge on any atom is 0.202 e. The number of ether oxygens (including phenoxy) is 1. The maximum absolute atomic E-state index is 13.4. The molecule has 100 valence electrons. The number of benzene rings is 2. The van der Waals surface area contributed by atoms with Crippen molar-refractivity contribution in [3.63, 3.8) is 0 Å². The van der Waals surface area contributed by atoms with Crippen LogP contribution in [0.5, 0.6) is 5.75 Å². The minimum Gasteiger partial charge on any atom is -0.482 e. The molecule has 0 atom stereocenters. The number of H-pyrrole nitrogens is 1. The van der Waals surface area contributed by atoms with Crippen molar-refractivity contribution in [3.05, 3.63) is 66.1 Å². The number of hydrogen-bond acceptors (Lipinski definition) is 2. The molecule has 1 aromatic heterocycles. The van der Waals surface area contributed by atoms with E-state index < -0.39 is 5.82 Å². The molecule has 0 bridgehead atoms. The van der Waals surface area contributed by atoms with Gasteiger partial charge >= 0.3 is 0 Å². The van der Waals surface area contributed by atoms with Gasteiger partial charge in [0.15, 0.2) is 18.2 Å². The lowest BCUT2D eigenvalue weighted by atomic mass is 10.1. The van der Waals surface area contributed by atoms with Crippen LogP contribution in [0.2, 0.25) is 0 Å². The molecule has 20 heavy (non-hydrogen) atoms. The molecule has 0 saturated carbocycles. The fourth-order valence-electron chi connectivity index (χ4n) is 2.09. The lowest BCUT2D eigenvalue weighted by Gasteiger charge is -2.05. The largest absolute Gasteiger partial charge is 0.482 e. The van der Waals surface area contributed by atoms with Gasteiger partial charge in [-0.2, -0.15) is 0 Å². The highest BCUT2D eigenvalue weighted by molar-refractivity contribution is 6.08. The van der Waals surface area contributed by atoms with Crippen molar-refractivity contribution in [2.24, 2.45) is 0 Å². The van der Waals surface area contributed by atoms with E-state index >= 15 is 0 Å². The summed E-state index contributed by atoms with van der Waals surface area (Å²) in [5.41, 5.74) is 1.44. The monoisotopic (exact) mass is 269 g/mol. The molecule has 2 aromatic carbocycles. The van der Waals surface area contributed by atoms with Gasteiger partial charge in [-0.15, -0.1) is 0 Å². The number of Topliss-reactive ketones (excluding diaryl/α,β-unsaturated/α-hetero) is 1. The molecule has 3 aromatic rings. The number of aromatic amines is 1. The van der Waals surface area contributed by atoms with Crippen molar-refractivity contribution in [2.75, 3.05) is 6.61 Å². The molecular weight excluding hydrogens is 257 g/mol.